The first-order chi connectivity index (χ1) is 40.6. The molecule has 0 amide bonds. The van der Waals surface area contributed by atoms with E-state index < -0.39 is 31.7 Å². The van der Waals surface area contributed by atoms with Gasteiger partial charge in [-0.25, -0.2) is 0 Å². The van der Waals surface area contributed by atoms with Gasteiger partial charge in [-0.2, -0.15) is 10.3 Å². The average Bonchev–Trinajstić information content (AvgIpc) is 3.68. The molecule has 4 aromatic heterocycles. The van der Waals surface area contributed by atoms with E-state index in [-0.39, 0.29) is 34.1 Å². The summed E-state index contributed by atoms with van der Waals surface area (Å²) < 4.78 is 0. The summed E-state index contributed by atoms with van der Waals surface area (Å²) in [5, 5.41) is 32.9. The van der Waals surface area contributed by atoms with Crippen LogP contribution < -0.4 is 63.7 Å². The standard InChI is InChI=1S/4C17H14NP.2CNS.2Cu/c4*1-3-8-15(9-4-1)19(16-10-5-2-6-11-16)17-12-7-13-18-14-17;2*2-1-3;;/h4*1-14H;;;;/q;;;;2*-1;2*+1. The Morgan fingerprint density at radius 2 is 0.333 bits per heavy atom. The van der Waals surface area contributed by atoms with Crippen LogP contribution in [0.25, 0.3) is 10.8 Å². The van der Waals surface area contributed by atoms with Crippen molar-refractivity contribution in [2.45, 2.75) is 0 Å². The number of isothiocyanates is 2. The van der Waals surface area contributed by atoms with Gasteiger partial charge >= 0.3 is 34.1 Å². The summed E-state index contributed by atoms with van der Waals surface area (Å²) in [7, 11) is -2.03. The van der Waals surface area contributed by atoms with Crippen molar-refractivity contribution in [3.8, 4) is 0 Å². The number of nitrogens with zero attached hydrogens (tertiary/aromatic N) is 6. The van der Waals surface area contributed by atoms with E-state index in [1.807, 2.05) is 73.8 Å². The summed E-state index contributed by atoms with van der Waals surface area (Å²) in [5.74, 6) is 0. The van der Waals surface area contributed by atoms with Gasteiger partial charge in [-0.05, 0) is 98.4 Å². The Hall–Kier alpha value is -7.28. The molecule has 0 fully saturated rings. The fourth-order valence-electron chi connectivity index (χ4n) is 8.35. The Labute approximate surface area is 531 Å². The molecule has 0 aliphatic carbocycles. The van der Waals surface area contributed by atoms with E-state index in [4.69, 9.17) is 10.8 Å². The molecule has 0 saturated carbocycles. The van der Waals surface area contributed by atoms with Crippen LogP contribution in [0.1, 0.15) is 0 Å². The summed E-state index contributed by atoms with van der Waals surface area (Å²) >= 11 is 7.40. The van der Waals surface area contributed by atoms with Gasteiger partial charge in [0.2, 0.25) is 0 Å². The molecule has 0 N–H and O–H groups in total. The van der Waals surface area contributed by atoms with Crippen LogP contribution >= 0.6 is 56.1 Å². The van der Waals surface area contributed by atoms with Crippen molar-refractivity contribution in [2.24, 2.45) is 0 Å². The fourth-order valence-corrected chi connectivity index (χ4v) is 17.4. The van der Waals surface area contributed by atoms with Gasteiger partial charge < -0.3 is 10.8 Å². The van der Waals surface area contributed by atoms with Gasteiger partial charge in [-0.3, -0.25) is 19.9 Å². The van der Waals surface area contributed by atoms with E-state index in [0.29, 0.717) is 0 Å². The van der Waals surface area contributed by atoms with Gasteiger partial charge in [-0.1, -0.05) is 291 Å². The Kier molecular flexibility index (Phi) is 32.2. The van der Waals surface area contributed by atoms with Gasteiger partial charge in [0.15, 0.2) is 0 Å². The normalized spacial score (nSPS) is 9.76. The smallest absolute Gasteiger partial charge is 0.753 e. The van der Waals surface area contributed by atoms with Crippen molar-refractivity contribution in [3.05, 3.63) is 352 Å². The minimum absolute atomic E-state index is 0. The number of rotatable bonds is 12. The molecule has 12 aromatic rings. The van der Waals surface area contributed by atoms with Crippen molar-refractivity contribution < 1.29 is 34.1 Å². The molecule has 420 valence electrons. The van der Waals surface area contributed by atoms with E-state index in [1.54, 1.807) is 0 Å². The Bertz CT molecular complexity index is 2820. The molecule has 8 aromatic carbocycles. The van der Waals surface area contributed by atoms with Crippen LogP contribution in [-0.4, -0.2) is 30.3 Å². The maximum atomic E-state index is 7.13. The third kappa shape index (κ3) is 21.7. The number of thiocarbonyl (C=S) groups is 2. The molecule has 0 bridgehead atoms. The molecule has 14 heteroatoms. The Morgan fingerprint density at radius 1 is 0.214 bits per heavy atom. The van der Waals surface area contributed by atoms with E-state index in [2.05, 4.69) is 311 Å². The van der Waals surface area contributed by atoms with Crippen molar-refractivity contribution in [2.75, 3.05) is 0 Å². The van der Waals surface area contributed by atoms with Crippen molar-refractivity contribution in [1.82, 2.24) is 19.9 Å². The molecule has 4 heterocycles. The van der Waals surface area contributed by atoms with Crippen LogP contribution in [0.3, 0.4) is 0 Å². The first-order valence-electron chi connectivity index (χ1n) is 25.9. The number of hydrogen-bond acceptors (Lipinski definition) is 6. The molecule has 6 nitrogen and oxygen atoms in total. The van der Waals surface area contributed by atoms with Gasteiger partial charge in [0.1, 0.15) is 0 Å². The van der Waals surface area contributed by atoms with Gasteiger partial charge in [0, 0.05) is 70.8 Å². The Balaban J connectivity index is 0.000000197. The monoisotopic (exact) mass is 1290 g/mol. The Morgan fingerprint density at radius 3 is 0.440 bits per heavy atom. The number of pyridine rings is 4. The summed E-state index contributed by atoms with van der Waals surface area (Å²) in [6.07, 6.45) is 15.2. The minimum atomic E-state index is -0.508. The van der Waals surface area contributed by atoms with E-state index in [9.17, 15) is 0 Å². The minimum Gasteiger partial charge on any atom is -0.753 e. The molecule has 0 aliphatic rings. The van der Waals surface area contributed by atoms with E-state index in [1.165, 1.54) is 74.0 Å². The van der Waals surface area contributed by atoms with Crippen molar-refractivity contribution >= 4 is 130 Å². The molecular weight excluding hydrogens is 1240 g/mol. The van der Waals surface area contributed by atoms with E-state index in [0.717, 1.165) is 0 Å². The molecule has 84 heavy (non-hydrogen) atoms. The predicted octanol–water partition coefficient (Wildman–Crippen LogP) is 12.7. The zero-order valence-corrected chi connectivity index (χ0v) is 52.3. The maximum absolute atomic E-state index is 7.13. The zero-order chi connectivity index (χ0) is 57.1. The third-order valence-electron chi connectivity index (χ3n) is 11.7. The quantitative estimate of drug-likeness (QED) is 0.0523. The van der Waals surface area contributed by atoms with Crippen LogP contribution in [-0.2, 0) is 34.1 Å². The SMILES string of the molecule is [Cu+].[Cu+].[N-]=C=S.[N-]=C=S.c1ccc(P(c2ccccc2)c2cccnc2)cc1.c1ccc(P(c2ccccc2)c2cccnc2)cc1.c1ccc(P(c2ccccc2)c2cccnc2)cc1.c1ccc(P(c2ccccc2)c2cccnc2)cc1. The molecule has 0 saturated heterocycles. The average molecular weight is 1300 g/mol. The number of benzene rings is 8. The molecule has 0 unspecified atom stereocenters. The van der Waals surface area contributed by atoms with Gasteiger partial charge in [0.05, 0.1) is 0 Å². The molecular formula is C70H56Cu2N6P4S2. The van der Waals surface area contributed by atoms with Gasteiger partial charge in [0.25, 0.3) is 0 Å². The summed E-state index contributed by atoms with van der Waals surface area (Å²) in [6, 6.07) is 102. The zero-order valence-electron chi connectivity index (χ0n) is 45.2. The number of aromatic nitrogens is 4. The summed E-state index contributed by atoms with van der Waals surface area (Å²) in [5.41, 5.74) is 0. The second-order valence-electron chi connectivity index (χ2n) is 17.1. The summed E-state index contributed by atoms with van der Waals surface area (Å²) in [6.45, 7) is 0. The first kappa shape index (κ1) is 67.5. The van der Waals surface area contributed by atoms with Crippen LogP contribution in [0, 0.1) is 0 Å². The predicted molar refractivity (Wildman–Crippen MR) is 364 cm³/mol. The summed E-state index contributed by atoms with van der Waals surface area (Å²) in [4.78, 5) is 17.1. The van der Waals surface area contributed by atoms with Crippen LogP contribution in [0.4, 0.5) is 0 Å². The van der Waals surface area contributed by atoms with Gasteiger partial charge in [-0.15, -0.1) is 0 Å². The van der Waals surface area contributed by atoms with Crippen LogP contribution in [0.5, 0.6) is 0 Å². The third-order valence-corrected chi connectivity index (χ3v) is 21.4. The molecule has 0 radical (unpaired) electrons. The molecule has 0 aliphatic heterocycles. The largest absolute Gasteiger partial charge is 1.00 e. The molecule has 0 spiro atoms. The van der Waals surface area contributed by atoms with Crippen molar-refractivity contribution in [1.29, 1.82) is 0 Å². The molecule has 12 rings (SSSR count). The topological polar surface area (TPSA) is 96.2 Å². The van der Waals surface area contributed by atoms with Crippen LogP contribution in [0.15, 0.2) is 341 Å². The fraction of sp³-hybridized carbons (Fsp3) is 0. The number of hydrogen-bond donors (Lipinski definition) is 0. The van der Waals surface area contributed by atoms with Crippen LogP contribution in [0.2, 0.25) is 0 Å². The first-order valence-corrected chi connectivity index (χ1v) is 32.0. The second-order valence-corrected chi connectivity index (χ2v) is 26.3. The van der Waals surface area contributed by atoms with Crippen molar-refractivity contribution in [3.63, 3.8) is 0 Å². The second kappa shape index (κ2) is 40.1. The molecule has 0 atom stereocenters. The van der Waals surface area contributed by atoms with E-state index >= 15 is 0 Å². The maximum Gasteiger partial charge on any atom is 1.00 e.